The number of para-hydroxylation sites is 1. The van der Waals surface area contributed by atoms with Gasteiger partial charge in [-0.2, -0.15) is 0 Å². The number of halogens is 2. The Morgan fingerprint density at radius 3 is 2.73 bits per heavy atom. The van der Waals surface area contributed by atoms with Crippen LogP contribution in [0.5, 0.6) is 5.75 Å². The van der Waals surface area contributed by atoms with E-state index in [1.807, 2.05) is 38.1 Å². The summed E-state index contributed by atoms with van der Waals surface area (Å²) in [6.45, 7) is 8.47. The third-order valence-electron chi connectivity index (χ3n) is 4.50. The molecule has 6 heteroatoms. The molecule has 1 unspecified atom stereocenters. The minimum absolute atomic E-state index is 0.0267. The van der Waals surface area contributed by atoms with Gasteiger partial charge in [0.2, 0.25) is 0 Å². The summed E-state index contributed by atoms with van der Waals surface area (Å²) < 4.78 is 33.7. The van der Waals surface area contributed by atoms with Crippen LogP contribution in [0.15, 0.2) is 49.0 Å². The third-order valence-corrected chi connectivity index (χ3v) is 5.94. The zero-order valence-corrected chi connectivity index (χ0v) is 15.7. The van der Waals surface area contributed by atoms with Gasteiger partial charge in [0.1, 0.15) is 22.3 Å². The Labute approximate surface area is 156 Å². The highest BCUT2D eigenvalue weighted by Crippen LogP contribution is 2.53. The molecule has 0 aromatic heterocycles. The van der Waals surface area contributed by atoms with Crippen LogP contribution in [0.1, 0.15) is 31.4 Å². The smallest absolute Gasteiger partial charge is 0.131 e. The second-order valence-electron chi connectivity index (χ2n) is 6.53. The third kappa shape index (κ3) is 3.37. The van der Waals surface area contributed by atoms with Crippen LogP contribution in [0.2, 0.25) is 0 Å². The van der Waals surface area contributed by atoms with Crippen LogP contribution < -0.4 is 10.6 Å². The first-order valence-electron chi connectivity index (χ1n) is 8.45. The number of nitrogens with two attached hydrogens (primary N) is 1. The topological polar surface area (TPSA) is 38.5 Å². The van der Waals surface area contributed by atoms with Crippen molar-refractivity contribution < 1.29 is 13.5 Å². The van der Waals surface area contributed by atoms with Crippen molar-refractivity contribution in [1.29, 1.82) is 0 Å². The molecule has 2 aromatic carbocycles. The van der Waals surface area contributed by atoms with E-state index in [1.54, 1.807) is 5.01 Å². The van der Waals surface area contributed by atoms with Crippen molar-refractivity contribution in [3.05, 3.63) is 71.8 Å². The van der Waals surface area contributed by atoms with E-state index in [2.05, 4.69) is 6.58 Å². The molecular weight excluding hydrogens is 354 g/mol. The predicted octanol–water partition coefficient (Wildman–Crippen LogP) is 4.89. The quantitative estimate of drug-likeness (QED) is 0.458. The normalized spacial score (nSPS) is 19.3. The molecule has 2 N–H and O–H groups in total. The van der Waals surface area contributed by atoms with Crippen molar-refractivity contribution in [2.24, 2.45) is 5.84 Å². The molecule has 0 radical (unpaired) electrons. The Balaban J connectivity index is 2.07. The average Bonchev–Trinajstić information content (AvgIpc) is 2.63. The first-order valence-corrected chi connectivity index (χ1v) is 9.26. The second-order valence-corrected chi connectivity index (χ2v) is 7.90. The van der Waals surface area contributed by atoms with E-state index in [9.17, 15) is 8.78 Å². The van der Waals surface area contributed by atoms with Gasteiger partial charge in [0.25, 0.3) is 0 Å². The molecule has 1 aliphatic heterocycles. The van der Waals surface area contributed by atoms with E-state index >= 15 is 0 Å². The Morgan fingerprint density at radius 1 is 1.27 bits per heavy atom. The number of thioether (sulfide) groups is 1. The lowest BCUT2D eigenvalue weighted by molar-refractivity contribution is 0.0859. The van der Waals surface area contributed by atoms with Crippen molar-refractivity contribution >= 4 is 16.7 Å². The van der Waals surface area contributed by atoms with E-state index in [0.717, 1.165) is 23.4 Å². The molecule has 26 heavy (non-hydrogen) atoms. The molecule has 0 spiro atoms. The molecule has 0 saturated carbocycles. The van der Waals surface area contributed by atoms with Crippen LogP contribution in [0, 0.1) is 11.6 Å². The maximum absolute atomic E-state index is 14.2. The van der Waals surface area contributed by atoms with E-state index in [0.29, 0.717) is 17.9 Å². The first-order chi connectivity index (χ1) is 12.3. The fourth-order valence-corrected chi connectivity index (χ4v) is 4.62. The van der Waals surface area contributed by atoms with Crippen LogP contribution in [0.3, 0.4) is 0 Å². The van der Waals surface area contributed by atoms with Crippen molar-refractivity contribution in [2.45, 2.75) is 31.2 Å². The molecule has 0 saturated heterocycles. The van der Waals surface area contributed by atoms with Crippen LogP contribution in [0.4, 0.5) is 8.78 Å². The molecule has 138 valence electrons. The standard InChI is InChI=1S/C20H22F2N2OS/c1-13(2)24(23)20(10-11-25-19-7-5-4-6-17(19)20)26-14(3)16-12-15(21)8-9-18(16)22/h4-9,12-13H,3,10-11,23H2,1-2H3. The lowest BCUT2D eigenvalue weighted by atomic mass is 9.98. The first kappa shape index (κ1) is 18.9. The van der Waals surface area contributed by atoms with Crippen molar-refractivity contribution in [3.63, 3.8) is 0 Å². The summed E-state index contributed by atoms with van der Waals surface area (Å²) in [4.78, 5) is -0.256. The van der Waals surface area contributed by atoms with Crippen molar-refractivity contribution in [1.82, 2.24) is 5.01 Å². The van der Waals surface area contributed by atoms with E-state index in [4.69, 9.17) is 10.6 Å². The fourth-order valence-electron chi connectivity index (χ4n) is 3.16. The molecule has 1 heterocycles. The van der Waals surface area contributed by atoms with Gasteiger partial charge in [0.15, 0.2) is 0 Å². The van der Waals surface area contributed by atoms with E-state index in [-0.39, 0.29) is 11.6 Å². The SMILES string of the molecule is C=C(SC1(N(N)C(C)C)CCOc2ccccc21)c1cc(F)ccc1F. The zero-order valence-electron chi connectivity index (χ0n) is 14.8. The van der Waals surface area contributed by atoms with Gasteiger partial charge in [-0.05, 0) is 38.1 Å². The Kier molecular flexibility index (Phi) is 5.37. The molecule has 0 amide bonds. The van der Waals surface area contributed by atoms with Gasteiger partial charge in [-0.25, -0.2) is 13.8 Å². The highest BCUT2D eigenvalue weighted by Gasteiger charge is 2.44. The molecule has 0 aliphatic carbocycles. The summed E-state index contributed by atoms with van der Waals surface area (Å²) in [6, 6.07) is 11.1. The lowest BCUT2D eigenvalue weighted by Crippen LogP contribution is -2.54. The molecule has 3 rings (SSSR count). The molecule has 3 nitrogen and oxygen atoms in total. The zero-order chi connectivity index (χ0) is 18.9. The van der Waals surface area contributed by atoms with Crippen LogP contribution in [-0.4, -0.2) is 17.7 Å². The van der Waals surface area contributed by atoms with Gasteiger partial charge in [0.05, 0.1) is 6.61 Å². The number of hydrogen-bond donors (Lipinski definition) is 1. The Morgan fingerprint density at radius 2 is 2.00 bits per heavy atom. The van der Waals surface area contributed by atoms with Gasteiger partial charge < -0.3 is 4.74 Å². The van der Waals surface area contributed by atoms with Crippen LogP contribution in [0.25, 0.3) is 4.91 Å². The highest BCUT2D eigenvalue weighted by atomic mass is 32.2. The summed E-state index contributed by atoms with van der Waals surface area (Å²) in [5, 5.41) is 1.75. The van der Waals surface area contributed by atoms with Crippen molar-refractivity contribution in [2.75, 3.05) is 6.61 Å². The van der Waals surface area contributed by atoms with E-state index < -0.39 is 16.5 Å². The van der Waals surface area contributed by atoms with Crippen LogP contribution >= 0.6 is 11.8 Å². The molecule has 1 aliphatic rings. The summed E-state index contributed by atoms with van der Waals surface area (Å²) in [7, 11) is 0. The Bertz CT molecular complexity index is 827. The number of hydrogen-bond acceptors (Lipinski definition) is 4. The summed E-state index contributed by atoms with van der Waals surface area (Å²) in [5.74, 6) is 6.22. The largest absolute Gasteiger partial charge is 0.493 e. The fraction of sp³-hybridized carbons (Fsp3) is 0.300. The Hall–Kier alpha value is -1.89. The number of hydrazine groups is 1. The maximum atomic E-state index is 14.2. The number of rotatable bonds is 5. The van der Waals surface area contributed by atoms with Gasteiger partial charge >= 0.3 is 0 Å². The number of benzene rings is 2. The minimum Gasteiger partial charge on any atom is -0.493 e. The van der Waals surface area contributed by atoms with Gasteiger partial charge in [-0.15, -0.1) is 0 Å². The molecule has 0 fully saturated rings. The predicted molar refractivity (Wildman–Crippen MR) is 102 cm³/mol. The summed E-state index contributed by atoms with van der Waals surface area (Å²) in [6.07, 6.45) is 0.597. The second kappa shape index (κ2) is 7.39. The summed E-state index contributed by atoms with van der Waals surface area (Å²) >= 11 is 1.34. The maximum Gasteiger partial charge on any atom is 0.131 e. The highest BCUT2D eigenvalue weighted by molar-refractivity contribution is 8.09. The monoisotopic (exact) mass is 376 g/mol. The number of ether oxygens (including phenoxy) is 1. The van der Waals surface area contributed by atoms with E-state index in [1.165, 1.54) is 17.8 Å². The molecule has 0 bridgehead atoms. The molecular formula is C20H22F2N2OS. The lowest BCUT2D eigenvalue weighted by Gasteiger charge is -2.46. The minimum atomic E-state index is -0.682. The van der Waals surface area contributed by atoms with Crippen LogP contribution in [-0.2, 0) is 4.87 Å². The summed E-state index contributed by atoms with van der Waals surface area (Å²) in [5.41, 5.74) is 1.06. The molecule has 1 atom stereocenters. The van der Waals surface area contributed by atoms with Gasteiger partial charge in [0, 0.05) is 28.5 Å². The van der Waals surface area contributed by atoms with Crippen molar-refractivity contribution in [3.8, 4) is 5.75 Å². The molecule has 2 aromatic rings. The average molecular weight is 376 g/mol. The van der Waals surface area contributed by atoms with Gasteiger partial charge in [-0.3, -0.25) is 5.84 Å². The number of fused-ring (bicyclic) bond motifs is 1. The number of nitrogens with zero attached hydrogens (tertiary/aromatic N) is 1. The van der Waals surface area contributed by atoms with Gasteiger partial charge in [-0.1, -0.05) is 36.5 Å².